The first-order valence-electron chi connectivity index (χ1n) is 3.71. The van der Waals surface area contributed by atoms with Gasteiger partial charge in [-0.2, -0.15) is 0 Å². The van der Waals surface area contributed by atoms with Crippen LogP contribution in [0.5, 0.6) is 0 Å². The minimum Gasteiger partial charge on any atom is -0.381 e. The van der Waals surface area contributed by atoms with E-state index in [9.17, 15) is 0 Å². The van der Waals surface area contributed by atoms with Gasteiger partial charge in [0.2, 0.25) is 0 Å². The Morgan fingerprint density at radius 3 is 2.67 bits per heavy atom. The molecule has 2 heteroatoms. The van der Waals surface area contributed by atoms with Gasteiger partial charge in [-0.25, -0.2) is 0 Å². The molecule has 1 saturated heterocycles. The molecule has 2 nitrogen and oxygen atoms in total. The zero-order chi connectivity index (χ0) is 6.27. The number of hydrogen-bond donors (Lipinski definition) is 1. The van der Waals surface area contributed by atoms with E-state index in [-0.39, 0.29) is 0 Å². The van der Waals surface area contributed by atoms with Crippen molar-refractivity contribution in [2.75, 3.05) is 13.2 Å². The van der Waals surface area contributed by atoms with Gasteiger partial charge in [-0.15, -0.1) is 0 Å². The average Bonchev–Trinajstić information content (AvgIpc) is 2.44. The Morgan fingerprint density at radius 2 is 2.22 bits per heavy atom. The summed E-state index contributed by atoms with van der Waals surface area (Å²) in [4.78, 5) is 0. The molecule has 0 amide bonds. The number of nitrogens with two attached hydrogens (primary N) is 1. The molecule has 0 aromatic heterocycles. The largest absolute Gasteiger partial charge is 0.381 e. The zero-order valence-electron chi connectivity index (χ0n) is 5.55. The minimum absolute atomic E-state index is 0.511. The lowest BCUT2D eigenvalue weighted by Crippen LogP contribution is -2.10. The molecule has 0 spiro atoms. The molecule has 2 rings (SSSR count). The van der Waals surface area contributed by atoms with E-state index in [0.717, 1.165) is 25.0 Å². The van der Waals surface area contributed by atoms with Gasteiger partial charge in [0.15, 0.2) is 0 Å². The van der Waals surface area contributed by atoms with Gasteiger partial charge in [-0.1, -0.05) is 0 Å². The van der Waals surface area contributed by atoms with Crippen molar-refractivity contribution >= 4 is 0 Å². The Labute approximate surface area is 55.4 Å². The highest BCUT2D eigenvalue weighted by Crippen LogP contribution is 2.39. The molecule has 2 fully saturated rings. The summed E-state index contributed by atoms with van der Waals surface area (Å²) in [5.41, 5.74) is 5.69. The summed E-state index contributed by atoms with van der Waals surface area (Å²) in [6.45, 7) is 1.94. The highest BCUT2D eigenvalue weighted by atomic mass is 16.5. The number of ether oxygens (including phenoxy) is 1. The minimum atomic E-state index is 0.511. The lowest BCUT2D eigenvalue weighted by atomic mass is 10.0. The highest BCUT2D eigenvalue weighted by Gasteiger charge is 2.41. The first kappa shape index (κ1) is 5.69. The second-order valence-electron chi connectivity index (χ2n) is 3.19. The molecule has 9 heavy (non-hydrogen) atoms. The smallest absolute Gasteiger partial charge is 0.0498 e. The predicted molar refractivity (Wildman–Crippen MR) is 35.0 cm³/mol. The Bertz CT molecular complexity index is 109. The molecule has 52 valence electrons. The third-order valence-electron chi connectivity index (χ3n) is 2.46. The van der Waals surface area contributed by atoms with E-state index in [4.69, 9.17) is 10.5 Å². The van der Waals surface area contributed by atoms with Gasteiger partial charge in [-0.05, 0) is 24.7 Å². The van der Waals surface area contributed by atoms with Crippen molar-refractivity contribution in [3.63, 3.8) is 0 Å². The van der Waals surface area contributed by atoms with E-state index in [0.29, 0.717) is 6.04 Å². The lowest BCUT2D eigenvalue weighted by molar-refractivity contribution is 0.181. The van der Waals surface area contributed by atoms with Gasteiger partial charge < -0.3 is 10.5 Å². The predicted octanol–water partition coefficient (Wildman–Crippen LogP) is 0.370. The Kier molecular flexibility index (Phi) is 1.24. The third-order valence-corrected chi connectivity index (χ3v) is 2.46. The van der Waals surface area contributed by atoms with Crippen molar-refractivity contribution < 1.29 is 4.74 Å². The second kappa shape index (κ2) is 1.96. The Hall–Kier alpha value is -0.0800. The van der Waals surface area contributed by atoms with Crippen LogP contribution in [0.4, 0.5) is 0 Å². The van der Waals surface area contributed by atoms with Crippen LogP contribution in [0, 0.1) is 11.8 Å². The summed E-state index contributed by atoms with van der Waals surface area (Å²) in [7, 11) is 0. The number of rotatable bonds is 1. The molecule has 1 aliphatic heterocycles. The van der Waals surface area contributed by atoms with E-state index in [2.05, 4.69) is 0 Å². The fraction of sp³-hybridized carbons (Fsp3) is 1.00. The van der Waals surface area contributed by atoms with Crippen molar-refractivity contribution in [1.29, 1.82) is 0 Å². The maximum absolute atomic E-state index is 5.69. The molecule has 2 aliphatic rings. The van der Waals surface area contributed by atoms with E-state index >= 15 is 0 Å². The van der Waals surface area contributed by atoms with Crippen molar-refractivity contribution in [2.24, 2.45) is 17.6 Å². The summed E-state index contributed by atoms with van der Waals surface area (Å²) in [6.07, 6.45) is 2.49. The molecule has 1 heterocycles. The molecule has 0 radical (unpaired) electrons. The summed E-state index contributed by atoms with van der Waals surface area (Å²) in [5.74, 6) is 1.62. The van der Waals surface area contributed by atoms with Gasteiger partial charge in [0, 0.05) is 19.3 Å². The monoisotopic (exact) mass is 127 g/mol. The van der Waals surface area contributed by atoms with Crippen LogP contribution in [0.1, 0.15) is 12.8 Å². The molecule has 3 atom stereocenters. The van der Waals surface area contributed by atoms with Crippen LogP contribution in [0.25, 0.3) is 0 Å². The molecular weight excluding hydrogens is 114 g/mol. The Balaban J connectivity index is 1.85. The van der Waals surface area contributed by atoms with Crippen LogP contribution in [0.15, 0.2) is 0 Å². The SMILES string of the molecule is N[C@H]1C[C@H]1[C@@H]1CCOC1. The van der Waals surface area contributed by atoms with Crippen LogP contribution in [-0.2, 0) is 4.74 Å². The molecule has 0 aromatic rings. The van der Waals surface area contributed by atoms with Gasteiger partial charge in [-0.3, -0.25) is 0 Å². The first-order valence-corrected chi connectivity index (χ1v) is 3.71. The standard InChI is InChI=1S/C7H13NO/c8-7-3-6(7)5-1-2-9-4-5/h5-7H,1-4,8H2/t5-,6+,7+/m1/s1. The van der Waals surface area contributed by atoms with Crippen molar-refractivity contribution in [1.82, 2.24) is 0 Å². The van der Waals surface area contributed by atoms with Crippen molar-refractivity contribution in [3.8, 4) is 0 Å². The molecular formula is C7H13NO. The van der Waals surface area contributed by atoms with Gasteiger partial charge in [0.05, 0.1) is 0 Å². The number of hydrogen-bond acceptors (Lipinski definition) is 2. The lowest BCUT2D eigenvalue weighted by Gasteiger charge is -2.02. The maximum atomic E-state index is 5.69. The quantitative estimate of drug-likeness (QED) is 0.552. The summed E-state index contributed by atoms with van der Waals surface area (Å²) in [5, 5.41) is 0. The zero-order valence-corrected chi connectivity index (χ0v) is 5.55. The van der Waals surface area contributed by atoms with Crippen LogP contribution in [0.2, 0.25) is 0 Å². The summed E-state index contributed by atoms with van der Waals surface area (Å²) >= 11 is 0. The Morgan fingerprint density at radius 1 is 1.44 bits per heavy atom. The fourth-order valence-electron chi connectivity index (χ4n) is 1.67. The second-order valence-corrected chi connectivity index (χ2v) is 3.19. The topological polar surface area (TPSA) is 35.2 Å². The van der Waals surface area contributed by atoms with E-state index in [1.54, 1.807) is 0 Å². The highest BCUT2D eigenvalue weighted by molar-refractivity contribution is 4.95. The fourth-order valence-corrected chi connectivity index (χ4v) is 1.67. The van der Waals surface area contributed by atoms with Crippen LogP contribution >= 0.6 is 0 Å². The molecule has 2 N–H and O–H groups in total. The normalized spacial score (nSPS) is 49.7. The molecule has 0 unspecified atom stereocenters. The summed E-state index contributed by atoms with van der Waals surface area (Å²) < 4.78 is 5.25. The molecule has 1 aliphatic carbocycles. The van der Waals surface area contributed by atoms with Crippen LogP contribution < -0.4 is 5.73 Å². The molecule has 1 saturated carbocycles. The van der Waals surface area contributed by atoms with E-state index in [1.165, 1.54) is 12.8 Å². The molecule has 0 bridgehead atoms. The van der Waals surface area contributed by atoms with Crippen molar-refractivity contribution in [3.05, 3.63) is 0 Å². The van der Waals surface area contributed by atoms with Gasteiger partial charge >= 0.3 is 0 Å². The van der Waals surface area contributed by atoms with Gasteiger partial charge in [0.25, 0.3) is 0 Å². The molecule has 0 aromatic carbocycles. The van der Waals surface area contributed by atoms with E-state index in [1.807, 2.05) is 0 Å². The van der Waals surface area contributed by atoms with Crippen LogP contribution in [0.3, 0.4) is 0 Å². The third kappa shape index (κ3) is 0.970. The van der Waals surface area contributed by atoms with E-state index < -0.39 is 0 Å². The maximum Gasteiger partial charge on any atom is 0.0498 e. The van der Waals surface area contributed by atoms with Crippen molar-refractivity contribution in [2.45, 2.75) is 18.9 Å². The van der Waals surface area contributed by atoms with Crippen LogP contribution in [-0.4, -0.2) is 19.3 Å². The van der Waals surface area contributed by atoms with Gasteiger partial charge in [0.1, 0.15) is 0 Å². The first-order chi connectivity index (χ1) is 4.38. The average molecular weight is 127 g/mol. The summed E-state index contributed by atoms with van der Waals surface area (Å²) in [6, 6.07) is 0.511.